The quantitative estimate of drug-likeness (QED) is 0.564. The molecular formula is C19H24N2OS2. The summed E-state index contributed by atoms with van der Waals surface area (Å²) in [6.07, 6.45) is 2.83. The van der Waals surface area contributed by atoms with Gasteiger partial charge in [0.25, 0.3) is 5.56 Å². The van der Waals surface area contributed by atoms with E-state index in [0.29, 0.717) is 17.0 Å². The van der Waals surface area contributed by atoms with Gasteiger partial charge in [-0.25, -0.2) is 4.98 Å². The lowest BCUT2D eigenvalue weighted by molar-refractivity contribution is 0.563. The van der Waals surface area contributed by atoms with E-state index >= 15 is 0 Å². The Morgan fingerprint density at radius 1 is 1.38 bits per heavy atom. The third-order valence-corrected chi connectivity index (χ3v) is 6.78. The van der Waals surface area contributed by atoms with Gasteiger partial charge < -0.3 is 0 Å². The van der Waals surface area contributed by atoms with Crippen molar-refractivity contribution in [3.63, 3.8) is 0 Å². The number of nitrogens with zero attached hydrogens (tertiary/aromatic N) is 2. The lowest BCUT2D eigenvalue weighted by atomic mass is 10.1. The Morgan fingerprint density at radius 3 is 2.83 bits per heavy atom. The number of thioether (sulfide) groups is 2. The molecule has 0 radical (unpaired) electrons. The molecule has 5 heteroatoms. The van der Waals surface area contributed by atoms with Crippen LogP contribution < -0.4 is 5.56 Å². The van der Waals surface area contributed by atoms with E-state index in [0.717, 1.165) is 35.0 Å². The zero-order valence-electron chi connectivity index (χ0n) is 14.5. The van der Waals surface area contributed by atoms with E-state index < -0.39 is 0 Å². The molecule has 128 valence electrons. The Bertz CT molecular complexity index is 758. The van der Waals surface area contributed by atoms with Gasteiger partial charge in [0.15, 0.2) is 5.16 Å². The molecule has 0 unspecified atom stereocenters. The summed E-state index contributed by atoms with van der Waals surface area (Å²) in [7, 11) is 0. The highest BCUT2D eigenvalue weighted by molar-refractivity contribution is 8.00. The summed E-state index contributed by atoms with van der Waals surface area (Å²) in [5.74, 6) is 0. The molecule has 2 atom stereocenters. The smallest absolute Gasteiger partial charge is 0.268 e. The van der Waals surface area contributed by atoms with Crippen LogP contribution in [-0.2, 0) is 19.4 Å². The molecule has 0 fully saturated rings. The molecule has 0 amide bonds. The fourth-order valence-corrected chi connectivity index (χ4v) is 4.88. The summed E-state index contributed by atoms with van der Waals surface area (Å²) in [5.41, 5.74) is 2.40. The van der Waals surface area contributed by atoms with Crippen molar-refractivity contribution in [2.45, 2.75) is 67.1 Å². The van der Waals surface area contributed by atoms with Crippen molar-refractivity contribution in [3.8, 4) is 0 Å². The molecule has 2 heterocycles. The van der Waals surface area contributed by atoms with Gasteiger partial charge in [-0.2, -0.15) is 0 Å². The number of hydrogen-bond donors (Lipinski definition) is 0. The number of aryl methyl sites for hydroxylation is 1. The second-order valence-electron chi connectivity index (χ2n) is 6.33. The highest BCUT2D eigenvalue weighted by Crippen LogP contribution is 2.35. The molecule has 0 saturated carbocycles. The van der Waals surface area contributed by atoms with Gasteiger partial charge in [-0.3, -0.25) is 9.36 Å². The Labute approximate surface area is 152 Å². The fourth-order valence-electron chi connectivity index (χ4n) is 2.77. The van der Waals surface area contributed by atoms with Gasteiger partial charge in [0.2, 0.25) is 0 Å². The number of rotatable bonds is 6. The Hall–Kier alpha value is -1.20. The summed E-state index contributed by atoms with van der Waals surface area (Å²) < 4.78 is 1.90. The van der Waals surface area contributed by atoms with E-state index in [1.807, 2.05) is 22.8 Å². The molecule has 1 aliphatic heterocycles. The second-order valence-corrected chi connectivity index (χ2v) is 9.19. The molecule has 0 N–H and O–H groups in total. The third-order valence-electron chi connectivity index (χ3n) is 4.31. The molecule has 3 rings (SSSR count). The second kappa shape index (κ2) is 7.79. The van der Waals surface area contributed by atoms with Crippen LogP contribution in [0.15, 0.2) is 45.2 Å². The predicted octanol–water partition coefficient (Wildman–Crippen LogP) is 4.41. The van der Waals surface area contributed by atoms with Gasteiger partial charge in [0, 0.05) is 23.5 Å². The summed E-state index contributed by atoms with van der Waals surface area (Å²) in [5, 5.41) is 1.80. The minimum absolute atomic E-state index is 0.149. The Balaban J connectivity index is 1.93. The van der Waals surface area contributed by atoms with Crippen molar-refractivity contribution in [3.05, 3.63) is 51.9 Å². The van der Waals surface area contributed by atoms with E-state index in [9.17, 15) is 4.79 Å². The molecule has 24 heavy (non-hydrogen) atoms. The van der Waals surface area contributed by atoms with Gasteiger partial charge in [-0.15, -0.1) is 11.8 Å². The average molecular weight is 361 g/mol. The topological polar surface area (TPSA) is 34.9 Å². The van der Waals surface area contributed by atoms with Gasteiger partial charge in [0.1, 0.15) is 0 Å². The number of benzene rings is 1. The number of hydrogen-bond acceptors (Lipinski definition) is 4. The molecule has 0 spiro atoms. The molecule has 1 aromatic carbocycles. The van der Waals surface area contributed by atoms with Crippen LogP contribution in [-0.4, -0.2) is 20.1 Å². The standard InChI is InChI=1S/C19H24N2OS2/c1-4-13(2)24-19-20-16-12-14(3)23-17(16)18(22)21(19)11-10-15-8-6-5-7-9-15/h5-9,13-14H,4,10-12H2,1-3H3/t13-,14+/m0/s1. The summed E-state index contributed by atoms with van der Waals surface area (Å²) in [6, 6.07) is 10.3. The van der Waals surface area contributed by atoms with Crippen molar-refractivity contribution in [2.24, 2.45) is 0 Å². The minimum Gasteiger partial charge on any atom is -0.286 e. The van der Waals surface area contributed by atoms with Crippen LogP contribution >= 0.6 is 23.5 Å². The molecule has 0 bridgehead atoms. The zero-order valence-corrected chi connectivity index (χ0v) is 16.1. The molecule has 0 aliphatic carbocycles. The lowest BCUT2D eigenvalue weighted by Crippen LogP contribution is -2.26. The Kier molecular flexibility index (Phi) is 5.72. The van der Waals surface area contributed by atoms with Crippen LogP contribution in [0.3, 0.4) is 0 Å². The lowest BCUT2D eigenvalue weighted by Gasteiger charge is -2.16. The van der Waals surface area contributed by atoms with E-state index in [-0.39, 0.29) is 5.56 Å². The normalized spacial score (nSPS) is 17.7. The van der Waals surface area contributed by atoms with Crippen molar-refractivity contribution >= 4 is 23.5 Å². The molecular weight excluding hydrogens is 336 g/mol. The highest BCUT2D eigenvalue weighted by atomic mass is 32.2. The third kappa shape index (κ3) is 3.89. The van der Waals surface area contributed by atoms with Gasteiger partial charge >= 0.3 is 0 Å². The fraction of sp³-hybridized carbons (Fsp3) is 0.474. The van der Waals surface area contributed by atoms with Crippen molar-refractivity contribution in [1.82, 2.24) is 9.55 Å². The average Bonchev–Trinajstić information content (AvgIpc) is 2.96. The van der Waals surface area contributed by atoms with E-state index in [4.69, 9.17) is 4.98 Å². The molecule has 3 nitrogen and oxygen atoms in total. The van der Waals surface area contributed by atoms with E-state index in [2.05, 4.69) is 32.9 Å². The van der Waals surface area contributed by atoms with Crippen LogP contribution in [0.4, 0.5) is 0 Å². The van der Waals surface area contributed by atoms with E-state index in [1.54, 1.807) is 23.5 Å². The summed E-state index contributed by atoms with van der Waals surface area (Å²) in [6.45, 7) is 7.23. The molecule has 0 saturated heterocycles. The first-order valence-electron chi connectivity index (χ1n) is 8.59. The van der Waals surface area contributed by atoms with Crippen LogP contribution in [0.1, 0.15) is 38.4 Å². The molecule has 1 aliphatic rings. The van der Waals surface area contributed by atoms with Crippen molar-refractivity contribution in [2.75, 3.05) is 0 Å². The first kappa shape index (κ1) is 17.6. The van der Waals surface area contributed by atoms with Crippen LogP contribution in [0, 0.1) is 0 Å². The maximum Gasteiger partial charge on any atom is 0.268 e. The van der Waals surface area contributed by atoms with Gasteiger partial charge in [0.05, 0.1) is 10.6 Å². The number of fused-ring (bicyclic) bond motifs is 1. The largest absolute Gasteiger partial charge is 0.286 e. The summed E-state index contributed by atoms with van der Waals surface area (Å²) in [4.78, 5) is 18.7. The maximum atomic E-state index is 13.0. The van der Waals surface area contributed by atoms with Gasteiger partial charge in [-0.1, -0.05) is 62.9 Å². The van der Waals surface area contributed by atoms with E-state index in [1.165, 1.54) is 5.56 Å². The molecule has 1 aromatic heterocycles. The van der Waals surface area contributed by atoms with Gasteiger partial charge in [-0.05, 0) is 18.4 Å². The minimum atomic E-state index is 0.149. The summed E-state index contributed by atoms with van der Waals surface area (Å²) >= 11 is 3.41. The number of aromatic nitrogens is 2. The highest BCUT2D eigenvalue weighted by Gasteiger charge is 2.26. The van der Waals surface area contributed by atoms with Crippen LogP contribution in [0.25, 0.3) is 0 Å². The monoisotopic (exact) mass is 360 g/mol. The predicted molar refractivity (Wildman–Crippen MR) is 103 cm³/mol. The molecule has 2 aromatic rings. The zero-order chi connectivity index (χ0) is 17.1. The van der Waals surface area contributed by atoms with Crippen molar-refractivity contribution < 1.29 is 0 Å². The first-order valence-corrected chi connectivity index (χ1v) is 10.3. The Morgan fingerprint density at radius 2 is 2.12 bits per heavy atom. The van der Waals surface area contributed by atoms with Crippen LogP contribution in [0.5, 0.6) is 0 Å². The SMILES string of the molecule is CC[C@H](C)Sc1nc2c(c(=O)n1CCc1ccccc1)S[C@H](C)C2. The maximum absolute atomic E-state index is 13.0. The van der Waals surface area contributed by atoms with Crippen molar-refractivity contribution in [1.29, 1.82) is 0 Å². The van der Waals surface area contributed by atoms with Crippen LogP contribution in [0.2, 0.25) is 0 Å². The first-order chi connectivity index (χ1) is 11.6.